The van der Waals surface area contributed by atoms with E-state index in [1.165, 1.54) is 16.5 Å². The van der Waals surface area contributed by atoms with Gasteiger partial charge in [0.1, 0.15) is 5.75 Å². The number of methoxy groups -OCH3 is 1. The molecule has 2 aromatic rings. The Bertz CT molecular complexity index is 590. The summed E-state index contributed by atoms with van der Waals surface area (Å²) in [5.41, 5.74) is 2.58. The first-order chi connectivity index (χ1) is 9.22. The van der Waals surface area contributed by atoms with Crippen LogP contribution < -0.4 is 10.1 Å². The molecule has 4 heteroatoms. The highest BCUT2D eigenvalue weighted by Crippen LogP contribution is 2.35. The number of aryl methyl sites for hydroxylation is 1. The predicted octanol–water partition coefficient (Wildman–Crippen LogP) is 1.76. The lowest BCUT2D eigenvalue weighted by Gasteiger charge is -2.33. The van der Waals surface area contributed by atoms with E-state index in [1.807, 2.05) is 12.1 Å². The van der Waals surface area contributed by atoms with Gasteiger partial charge < -0.3 is 14.6 Å². The zero-order valence-corrected chi connectivity index (χ0v) is 11.8. The maximum absolute atomic E-state index is 5.56. The molecule has 2 heterocycles. The summed E-state index contributed by atoms with van der Waals surface area (Å²) in [5.74, 6) is 0.965. The maximum atomic E-state index is 5.56. The molecule has 1 saturated heterocycles. The van der Waals surface area contributed by atoms with Crippen LogP contribution in [0.5, 0.6) is 5.75 Å². The van der Waals surface area contributed by atoms with E-state index in [0.29, 0.717) is 6.04 Å². The third-order valence-corrected chi connectivity index (χ3v) is 4.10. The van der Waals surface area contributed by atoms with Crippen LogP contribution in [0.1, 0.15) is 11.6 Å². The smallest absolute Gasteiger partial charge is 0.128 e. The van der Waals surface area contributed by atoms with E-state index in [1.54, 1.807) is 7.11 Å². The molecule has 19 heavy (non-hydrogen) atoms. The second-order valence-corrected chi connectivity index (χ2v) is 5.25. The van der Waals surface area contributed by atoms with Gasteiger partial charge in [-0.05, 0) is 24.7 Å². The summed E-state index contributed by atoms with van der Waals surface area (Å²) in [6.07, 6.45) is 2.24. The van der Waals surface area contributed by atoms with Gasteiger partial charge in [0.25, 0.3) is 0 Å². The quantitative estimate of drug-likeness (QED) is 0.891. The minimum absolute atomic E-state index is 0.411. The SMILES string of the molecule is COc1cccc2c1c(C1CNCCN1C)cn2C. The van der Waals surface area contributed by atoms with E-state index >= 15 is 0 Å². The molecule has 1 fully saturated rings. The van der Waals surface area contributed by atoms with Gasteiger partial charge in [-0.25, -0.2) is 0 Å². The van der Waals surface area contributed by atoms with Gasteiger partial charge in [0, 0.05) is 44.3 Å². The van der Waals surface area contributed by atoms with Crippen molar-refractivity contribution < 1.29 is 4.74 Å². The number of hydrogen-bond acceptors (Lipinski definition) is 3. The van der Waals surface area contributed by atoms with Crippen molar-refractivity contribution in [3.05, 3.63) is 30.0 Å². The van der Waals surface area contributed by atoms with Crippen LogP contribution in [0.4, 0.5) is 0 Å². The molecule has 1 aromatic heterocycles. The molecule has 1 aliphatic heterocycles. The fourth-order valence-corrected chi connectivity index (χ4v) is 3.02. The third kappa shape index (κ3) is 2.01. The summed E-state index contributed by atoms with van der Waals surface area (Å²) in [6, 6.07) is 6.65. The Labute approximate surface area is 114 Å². The summed E-state index contributed by atoms with van der Waals surface area (Å²) >= 11 is 0. The largest absolute Gasteiger partial charge is 0.496 e. The first-order valence-corrected chi connectivity index (χ1v) is 6.75. The summed E-state index contributed by atoms with van der Waals surface area (Å²) in [6.45, 7) is 3.14. The minimum Gasteiger partial charge on any atom is -0.496 e. The molecule has 1 aromatic carbocycles. The Hall–Kier alpha value is -1.52. The first kappa shape index (κ1) is 12.5. The normalized spacial score (nSPS) is 20.9. The van der Waals surface area contributed by atoms with Crippen LogP contribution in [-0.4, -0.2) is 43.3 Å². The lowest BCUT2D eigenvalue weighted by atomic mass is 10.0. The van der Waals surface area contributed by atoms with Crippen LogP contribution in [0.25, 0.3) is 10.9 Å². The van der Waals surface area contributed by atoms with Crippen molar-refractivity contribution in [1.82, 2.24) is 14.8 Å². The van der Waals surface area contributed by atoms with E-state index in [4.69, 9.17) is 4.74 Å². The van der Waals surface area contributed by atoms with Gasteiger partial charge in [0.15, 0.2) is 0 Å². The van der Waals surface area contributed by atoms with Crippen molar-refractivity contribution >= 4 is 10.9 Å². The highest BCUT2D eigenvalue weighted by atomic mass is 16.5. The van der Waals surface area contributed by atoms with Crippen LogP contribution in [-0.2, 0) is 7.05 Å². The number of likely N-dealkylation sites (N-methyl/N-ethyl adjacent to an activating group) is 1. The molecule has 102 valence electrons. The van der Waals surface area contributed by atoms with Crippen LogP contribution in [0.2, 0.25) is 0 Å². The monoisotopic (exact) mass is 259 g/mol. The number of fused-ring (bicyclic) bond motifs is 1. The molecule has 0 aliphatic carbocycles. The average molecular weight is 259 g/mol. The van der Waals surface area contributed by atoms with E-state index in [-0.39, 0.29) is 0 Å². The van der Waals surface area contributed by atoms with Gasteiger partial charge in [-0.1, -0.05) is 6.07 Å². The molecule has 1 N–H and O–H groups in total. The van der Waals surface area contributed by atoms with Gasteiger partial charge in [0.2, 0.25) is 0 Å². The molecule has 0 amide bonds. The summed E-state index contributed by atoms with van der Waals surface area (Å²) in [5, 5.41) is 4.73. The van der Waals surface area contributed by atoms with Crippen molar-refractivity contribution in [3.8, 4) is 5.75 Å². The molecule has 1 unspecified atom stereocenters. The van der Waals surface area contributed by atoms with Crippen LogP contribution >= 0.6 is 0 Å². The van der Waals surface area contributed by atoms with Crippen molar-refractivity contribution in [2.75, 3.05) is 33.8 Å². The van der Waals surface area contributed by atoms with Crippen LogP contribution in [0.3, 0.4) is 0 Å². The fourth-order valence-electron chi connectivity index (χ4n) is 3.02. The molecule has 0 bridgehead atoms. The molecule has 3 rings (SSSR count). The molecule has 4 nitrogen and oxygen atoms in total. The number of ether oxygens (including phenoxy) is 1. The summed E-state index contributed by atoms with van der Waals surface area (Å²) in [7, 11) is 6.04. The van der Waals surface area contributed by atoms with Crippen molar-refractivity contribution in [1.29, 1.82) is 0 Å². The van der Waals surface area contributed by atoms with Gasteiger partial charge in [-0.15, -0.1) is 0 Å². The Balaban J connectivity index is 2.17. The van der Waals surface area contributed by atoms with E-state index < -0.39 is 0 Å². The fraction of sp³-hybridized carbons (Fsp3) is 0.467. The van der Waals surface area contributed by atoms with Crippen LogP contribution in [0.15, 0.2) is 24.4 Å². The Morgan fingerprint density at radius 1 is 1.32 bits per heavy atom. The number of aromatic nitrogens is 1. The Kier molecular flexibility index (Phi) is 3.21. The molecular formula is C15H21N3O. The zero-order chi connectivity index (χ0) is 13.4. The average Bonchev–Trinajstić information content (AvgIpc) is 2.77. The Morgan fingerprint density at radius 2 is 2.16 bits per heavy atom. The lowest BCUT2D eigenvalue weighted by molar-refractivity contribution is 0.203. The van der Waals surface area contributed by atoms with E-state index in [9.17, 15) is 0 Å². The molecule has 1 aliphatic rings. The number of piperazine rings is 1. The van der Waals surface area contributed by atoms with E-state index in [2.05, 4.69) is 41.1 Å². The van der Waals surface area contributed by atoms with Gasteiger partial charge >= 0.3 is 0 Å². The highest BCUT2D eigenvalue weighted by Gasteiger charge is 2.25. The number of benzene rings is 1. The second kappa shape index (κ2) is 4.87. The molecular weight excluding hydrogens is 238 g/mol. The topological polar surface area (TPSA) is 29.4 Å². The molecule has 0 saturated carbocycles. The minimum atomic E-state index is 0.411. The van der Waals surface area contributed by atoms with Crippen molar-refractivity contribution in [3.63, 3.8) is 0 Å². The maximum Gasteiger partial charge on any atom is 0.128 e. The second-order valence-electron chi connectivity index (χ2n) is 5.25. The zero-order valence-electron chi connectivity index (χ0n) is 11.8. The van der Waals surface area contributed by atoms with Crippen molar-refractivity contribution in [2.24, 2.45) is 7.05 Å². The highest BCUT2D eigenvalue weighted by molar-refractivity contribution is 5.90. The first-order valence-electron chi connectivity index (χ1n) is 6.75. The molecule has 0 radical (unpaired) electrons. The third-order valence-electron chi connectivity index (χ3n) is 4.10. The number of nitrogens with zero attached hydrogens (tertiary/aromatic N) is 2. The number of nitrogens with one attached hydrogen (secondary N) is 1. The van der Waals surface area contributed by atoms with E-state index in [0.717, 1.165) is 25.4 Å². The molecule has 1 atom stereocenters. The molecule has 0 spiro atoms. The lowest BCUT2D eigenvalue weighted by Crippen LogP contribution is -2.43. The standard InChI is InChI=1S/C15H21N3O/c1-17-8-7-16-9-13(17)11-10-18(2)12-5-4-6-14(19-3)15(11)12/h4-6,10,13,16H,7-9H2,1-3H3. The van der Waals surface area contributed by atoms with Crippen LogP contribution in [0, 0.1) is 0 Å². The summed E-state index contributed by atoms with van der Waals surface area (Å²) in [4.78, 5) is 2.41. The van der Waals surface area contributed by atoms with Crippen molar-refractivity contribution in [2.45, 2.75) is 6.04 Å². The predicted molar refractivity (Wildman–Crippen MR) is 77.7 cm³/mol. The Morgan fingerprint density at radius 3 is 2.89 bits per heavy atom. The summed E-state index contributed by atoms with van der Waals surface area (Å²) < 4.78 is 7.75. The van der Waals surface area contributed by atoms with Gasteiger partial charge in [-0.2, -0.15) is 0 Å². The van der Waals surface area contributed by atoms with Gasteiger partial charge in [0.05, 0.1) is 12.6 Å². The number of hydrogen-bond donors (Lipinski definition) is 1. The van der Waals surface area contributed by atoms with Gasteiger partial charge in [-0.3, -0.25) is 4.90 Å². The number of rotatable bonds is 2.